The van der Waals surface area contributed by atoms with E-state index >= 15 is 0 Å². The molecule has 6 heteroatoms. The molecule has 0 saturated carbocycles. The third-order valence-electron chi connectivity index (χ3n) is 3.99. The lowest BCUT2D eigenvalue weighted by molar-refractivity contribution is -0.122. The van der Waals surface area contributed by atoms with Crippen LogP contribution < -0.4 is 10.2 Å². The summed E-state index contributed by atoms with van der Waals surface area (Å²) in [6, 6.07) is 10.7. The molecule has 1 N–H and O–H groups in total. The van der Waals surface area contributed by atoms with Gasteiger partial charge in [-0.1, -0.05) is 18.2 Å². The highest BCUT2D eigenvalue weighted by Crippen LogP contribution is 2.30. The van der Waals surface area contributed by atoms with Crippen molar-refractivity contribution in [2.45, 2.75) is 13.3 Å². The Bertz CT molecular complexity index is 787. The molecular weight excluding hydrogens is 314 g/mol. The lowest BCUT2D eigenvalue weighted by Crippen LogP contribution is -2.29. The first-order valence-electron chi connectivity index (χ1n) is 7.57. The molecular formula is C18H16F2N2O2. The first-order valence-corrected chi connectivity index (χ1v) is 7.57. The number of nitrogens with zero attached hydrogens (tertiary/aromatic N) is 1. The normalized spacial score (nSPS) is 17.2. The van der Waals surface area contributed by atoms with Gasteiger partial charge in [0.1, 0.15) is 17.3 Å². The predicted molar refractivity (Wildman–Crippen MR) is 86.6 cm³/mol. The molecule has 3 rings (SSSR count). The van der Waals surface area contributed by atoms with Crippen molar-refractivity contribution in [1.82, 2.24) is 0 Å². The Kier molecular flexibility index (Phi) is 4.29. The number of benzene rings is 2. The molecule has 4 nitrogen and oxygen atoms in total. The van der Waals surface area contributed by atoms with E-state index in [1.165, 1.54) is 6.07 Å². The molecule has 2 aromatic rings. The summed E-state index contributed by atoms with van der Waals surface area (Å²) in [5.74, 6) is -3.10. The second-order valence-corrected chi connectivity index (χ2v) is 5.83. The first-order chi connectivity index (χ1) is 11.5. The van der Waals surface area contributed by atoms with Crippen molar-refractivity contribution in [2.75, 3.05) is 16.8 Å². The number of nitrogens with one attached hydrogen (secondary N) is 1. The second-order valence-electron chi connectivity index (χ2n) is 5.83. The monoisotopic (exact) mass is 330 g/mol. The van der Waals surface area contributed by atoms with E-state index in [9.17, 15) is 18.4 Å². The number of hydrogen-bond acceptors (Lipinski definition) is 2. The lowest BCUT2D eigenvalue weighted by atomic mass is 10.1. The first kappa shape index (κ1) is 16.1. The van der Waals surface area contributed by atoms with Gasteiger partial charge in [0.25, 0.3) is 0 Å². The van der Waals surface area contributed by atoms with Gasteiger partial charge < -0.3 is 10.2 Å². The number of halogens is 2. The maximum absolute atomic E-state index is 13.9. The van der Waals surface area contributed by atoms with Crippen LogP contribution in [0.4, 0.5) is 20.2 Å². The van der Waals surface area contributed by atoms with Gasteiger partial charge in [0, 0.05) is 18.7 Å². The fourth-order valence-corrected chi connectivity index (χ4v) is 2.81. The van der Waals surface area contributed by atoms with Gasteiger partial charge in [-0.25, -0.2) is 8.78 Å². The van der Waals surface area contributed by atoms with Crippen molar-refractivity contribution in [1.29, 1.82) is 0 Å². The topological polar surface area (TPSA) is 49.4 Å². The van der Waals surface area contributed by atoms with Gasteiger partial charge in [0.2, 0.25) is 11.8 Å². The molecule has 2 amide bonds. The maximum Gasteiger partial charge on any atom is 0.229 e. The van der Waals surface area contributed by atoms with Gasteiger partial charge in [-0.2, -0.15) is 0 Å². The van der Waals surface area contributed by atoms with Crippen LogP contribution in [0.25, 0.3) is 0 Å². The Morgan fingerprint density at radius 1 is 1.17 bits per heavy atom. The largest absolute Gasteiger partial charge is 0.326 e. The smallest absolute Gasteiger partial charge is 0.229 e. The van der Waals surface area contributed by atoms with Gasteiger partial charge >= 0.3 is 0 Å². The van der Waals surface area contributed by atoms with Crippen LogP contribution in [0.15, 0.2) is 42.5 Å². The molecule has 2 aromatic carbocycles. The molecule has 0 radical (unpaired) electrons. The molecule has 1 atom stereocenters. The molecule has 124 valence electrons. The summed E-state index contributed by atoms with van der Waals surface area (Å²) in [7, 11) is 0. The average molecular weight is 330 g/mol. The minimum atomic E-state index is -0.817. The van der Waals surface area contributed by atoms with Gasteiger partial charge in [0.15, 0.2) is 0 Å². The fourth-order valence-electron chi connectivity index (χ4n) is 2.81. The van der Waals surface area contributed by atoms with Crippen molar-refractivity contribution in [3.05, 3.63) is 59.7 Å². The Labute approximate surface area is 138 Å². The summed E-state index contributed by atoms with van der Waals surface area (Å²) in [4.78, 5) is 25.5. The van der Waals surface area contributed by atoms with Crippen LogP contribution in [0.2, 0.25) is 0 Å². The Balaban J connectivity index is 1.76. The van der Waals surface area contributed by atoms with Crippen LogP contribution in [0.3, 0.4) is 0 Å². The van der Waals surface area contributed by atoms with E-state index in [4.69, 9.17) is 0 Å². The summed E-state index contributed by atoms with van der Waals surface area (Å²) in [5.41, 5.74) is 1.22. The van der Waals surface area contributed by atoms with Gasteiger partial charge in [0.05, 0.1) is 5.92 Å². The Morgan fingerprint density at radius 2 is 1.83 bits per heavy atom. The molecule has 1 unspecified atom stereocenters. The standard InChI is InChI=1S/C18H16F2N2O2/c1-11-4-2-5-13(8-11)21-18(24)12-9-16(23)22(10-12)17-14(19)6-3-7-15(17)20/h2-8,12H,9-10H2,1H3,(H,21,24). The molecule has 0 bridgehead atoms. The van der Waals surface area contributed by atoms with Crippen LogP contribution in [0.1, 0.15) is 12.0 Å². The van der Waals surface area contributed by atoms with Gasteiger partial charge in [-0.3, -0.25) is 9.59 Å². The molecule has 1 fully saturated rings. The zero-order valence-electron chi connectivity index (χ0n) is 13.1. The van der Waals surface area contributed by atoms with Crippen molar-refractivity contribution < 1.29 is 18.4 Å². The summed E-state index contributed by atoms with van der Waals surface area (Å²) in [6.45, 7) is 1.85. The zero-order chi connectivity index (χ0) is 17.3. The third-order valence-corrected chi connectivity index (χ3v) is 3.99. The van der Waals surface area contributed by atoms with E-state index in [0.29, 0.717) is 5.69 Å². The molecule has 1 saturated heterocycles. The third kappa shape index (κ3) is 3.13. The molecule has 1 aliphatic rings. The van der Waals surface area contributed by atoms with E-state index < -0.39 is 29.1 Å². The number of hydrogen-bond donors (Lipinski definition) is 1. The van der Waals surface area contributed by atoms with E-state index in [-0.39, 0.29) is 18.9 Å². The fraction of sp³-hybridized carbons (Fsp3) is 0.222. The van der Waals surface area contributed by atoms with E-state index in [1.807, 2.05) is 25.1 Å². The van der Waals surface area contributed by atoms with Crippen LogP contribution >= 0.6 is 0 Å². The molecule has 0 aliphatic carbocycles. The number of amides is 2. The maximum atomic E-state index is 13.9. The van der Waals surface area contributed by atoms with Crippen molar-refractivity contribution >= 4 is 23.2 Å². The predicted octanol–water partition coefficient (Wildman–Crippen LogP) is 3.26. The zero-order valence-corrected chi connectivity index (χ0v) is 13.1. The van der Waals surface area contributed by atoms with E-state index in [2.05, 4.69) is 5.32 Å². The highest BCUT2D eigenvalue weighted by atomic mass is 19.1. The van der Waals surface area contributed by atoms with Crippen molar-refractivity contribution in [3.8, 4) is 0 Å². The molecule has 24 heavy (non-hydrogen) atoms. The Hall–Kier alpha value is -2.76. The number of rotatable bonds is 3. The van der Waals surface area contributed by atoms with E-state index in [0.717, 1.165) is 22.6 Å². The molecule has 0 aromatic heterocycles. The number of anilines is 2. The number of carbonyl (C=O) groups excluding carboxylic acids is 2. The second kappa shape index (κ2) is 6.39. The van der Waals surface area contributed by atoms with Crippen LogP contribution in [-0.4, -0.2) is 18.4 Å². The van der Waals surface area contributed by atoms with Gasteiger partial charge in [-0.15, -0.1) is 0 Å². The molecule has 1 heterocycles. The quantitative estimate of drug-likeness (QED) is 0.939. The van der Waals surface area contributed by atoms with E-state index in [1.54, 1.807) is 6.07 Å². The summed E-state index contributed by atoms with van der Waals surface area (Å²) in [5, 5.41) is 2.74. The van der Waals surface area contributed by atoms with Crippen molar-refractivity contribution in [2.24, 2.45) is 5.92 Å². The SMILES string of the molecule is Cc1cccc(NC(=O)C2CC(=O)N(c3c(F)cccc3F)C2)c1. The minimum Gasteiger partial charge on any atom is -0.326 e. The number of para-hydroxylation sites is 1. The lowest BCUT2D eigenvalue weighted by Gasteiger charge is -2.18. The van der Waals surface area contributed by atoms with Crippen LogP contribution in [0, 0.1) is 24.5 Å². The number of aryl methyl sites for hydroxylation is 1. The number of carbonyl (C=O) groups is 2. The van der Waals surface area contributed by atoms with Crippen LogP contribution in [-0.2, 0) is 9.59 Å². The highest BCUT2D eigenvalue weighted by Gasteiger charge is 2.37. The van der Waals surface area contributed by atoms with Crippen LogP contribution in [0.5, 0.6) is 0 Å². The summed E-state index contributed by atoms with van der Waals surface area (Å²) >= 11 is 0. The molecule has 1 aliphatic heterocycles. The highest BCUT2D eigenvalue weighted by molar-refractivity contribution is 6.03. The summed E-state index contributed by atoms with van der Waals surface area (Å²) in [6.07, 6.45) is -0.0780. The average Bonchev–Trinajstić information content (AvgIpc) is 2.89. The Morgan fingerprint density at radius 3 is 2.50 bits per heavy atom. The van der Waals surface area contributed by atoms with Gasteiger partial charge in [-0.05, 0) is 36.8 Å². The molecule has 0 spiro atoms. The minimum absolute atomic E-state index is 0.0473. The summed E-state index contributed by atoms with van der Waals surface area (Å²) < 4.78 is 27.7. The van der Waals surface area contributed by atoms with Crippen molar-refractivity contribution in [3.63, 3.8) is 0 Å².